The van der Waals surface area contributed by atoms with E-state index in [4.69, 9.17) is 20.1 Å². The second-order valence-corrected chi connectivity index (χ2v) is 3.19. The molecule has 6 heteroatoms. The Morgan fingerprint density at radius 3 is 3.12 bits per heavy atom. The molecule has 0 aliphatic rings. The molecule has 0 aliphatic heterocycles. The van der Waals surface area contributed by atoms with Crippen molar-refractivity contribution in [2.75, 3.05) is 12.3 Å². The fraction of sp³-hybridized carbons (Fsp3) is 0.200. The van der Waals surface area contributed by atoms with Crippen LogP contribution in [-0.2, 0) is 4.79 Å². The first-order chi connectivity index (χ1) is 7.68. The van der Waals surface area contributed by atoms with Crippen molar-refractivity contribution in [2.24, 2.45) is 0 Å². The zero-order chi connectivity index (χ0) is 11.5. The topological polar surface area (TPSA) is 98.6 Å². The fourth-order valence-corrected chi connectivity index (χ4v) is 1.35. The standard InChI is InChI=1S/C10H10N2O4/c11-10-9-6(15-5-4-8(13)14)2-1-3-7(9)16-12-10/h1-3H,4-5H2,(H2,11,12)(H,13,14). The van der Waals surface area contributed by atoms with Gasteiger partial charge in [0.25, 0.3) is 0 Å². The van der Waals surface area contributed by atoms with E-state index in [1.807, 2.05) is 0 Å². The van der Waals surface area contributed by atoms with Gasteiger partial charge in [-0.05, 0) is 12.1 Å². The van der Waals surface area contributed by atoms with Gasteiger partial charge in [-0.15, -0.1) is 0 Å². The molecule has 3 N–H and O–H groups in total. The number of hydrogen-bond donors (Lipinski definition) is 2. The average Bonchev–Trinajstić information content (AvgIpc) is 2.61. The smallest absolute Gasteiger partial charge is 0.306 e. The summed E-state index contributed by atoms with van der Waals surface area (Å²) in [4.78, 5) is 10.3. The summed E-state index contributed by atoms with van der Waals surface area (Å²) in [6, 6.07) is 5.13. The first-order valence-electron chi connectivity index (χ1n) is 4.67. The lowest BCUT2D eigenvalue weighted by molar-refractivity contribution is -0.137. The van der Waals surface area contributed by atoms with Gasteiger partial charge in [-0.25, -0.2) is 0 Å². The number of hydrogen-bond acceptors (Lipinski definition) is 5. The van der Waals surface area contributed by atoms with E-state index in [2.05, 4.69) is 5.16 Å². The quantitative estimate of drug-likeness (QED) is 0.808. The third-order valence-corrected chi connectivity index (χ3v) is 2.06. The monoisotopic (exact) mass is 222 g/mol. The summed E-state index contributed by atoms with van der Waals surface area (Å²) in [7, 11) is 0. The van der Waals surface area contributed by atoms with Gasteiger partial charge in [0.15, 0.2) is 11.4 Å². The van der Waals surface area contributed by atoms with Gasteiger partial charge in [0, 0.05) is 0 Å². The van der Waals surface area contributed by atoms with E-state index >= 15 is 0 Å². The van der Waals surface area contributed by atoms with E-state index in [1.165, 1.54) is 0 Å². The van der Waals surface area contributed by atoms with E-state index < -0.39 is 5.97 Å². The molecule has 2 aromatic rings. The van der Waals surface area contributed by atoms with Gasteiger partial charge in [0.2, 0.25) is 0 Å². The van der Waals surface area contributed by atoms with Crippen molar-refractivity contribution in [1.82, 2.24) is 5.16 Å². The van der Waals surface area contributed by atoms with Gasteiger partial charge in [0.1, 0.15) is 11.1 Å². The molecule has 1 aromatic carbocycles. The van der Waals surface area contributed by atoms with Crippen LogP contribution in [0, 0.1) is 0 Å². The molecule has 0 amide bonds. The Labute approximate surface area is 90.6 Å². The Morgan fingerprint density at radius 1 is 1.56 bits per heavy atom. The molecule has 0 spiro atoms. The summed E-state index contributed by atoms with van der Waals surface area (Å²) in [5, 5.41) is 12.7. The lowest BCUT2D eigenvalue weighted by Gasteiger charge is -2.04. The molecule has 0 radical (unpaired) electrons. The molecule has 0 saturated carbocycles. The highest BCUT2D eigenvalue weighted by molar-refractivity contribution is 5.92. The van der Waals surface area contributed by atoms with Gasteiger partial charge < -0.3 is 20.1 Å². The number of benzene rings is 1. The number of ether oxygens (including phenoxy) is 1. The third-order valence-electron chi connectivity index (χ3n) is 2.06. The lowest BCUT2D eigenvalue weighted by atomic mass is 10.2. The second-order valence-electron chi connectivity index (χ2n) is 3.19. The maximum atomic E-state index is 10.3. The minimum absolute atomic E-state index is 0.0679. The van der Waals surface area contributed by atoms with E-state index in [1.54, 1.807) is 18.2 Å². The Morgan fingerprint density at radius 2 is 2.38 bits per heavy atom. The van der Waals surface area contributed by atoms with Crippen LogP contribution in [0.25, 0.3) is 11.0 Å². The van der Waals surface area contributed by atoms with Crippen molar-refractivity contribution in [3.63, 3.8) is 0 Å². The SMILES string of the molecule is Nc1noc2cccc(OCCC(=O)O)c12. The number of aliphatic carboxylic acids is 1. The number of anilines is 1. The molecule has 0 aliphatic carbocycles. The van der Waals surface area contributed by atoms with E-state index in [0.29, 0.717) is 16.7 Å². The van der Waals surface area contributed by atoms with Crippen molar-refractivity contribution >= 4 is 22.8 Å². The van der Waals surface area contributed by atoms with Gasteiger partial charge in [0.05, 0.1) is 13.0 Å². The van der Waals surface area contributed by atoms with Crippen molar-refractivity contribution in [3.8, 4) is 5.75 Å². The first kappa shape index (κ1) is 10.3. The molecule has 16 heavy (non-hydrogen) atoms. The molecule has 0 saturated heterocycles. The first-order valence-corrected chi connectivity index (χ1v) is 4.67. The molecule has 0 bridgehead atoms. The molecule has 1 aromatic heterocycles. The maximum Gasteiger partial charge on any atom is 0.306 e. The highest BCUT2D eigenvalue weighted by atomic mass is 16.5. The predicted molar refractivity (Wildman–Crippen MR) is 56.2 cm³/mol. The number of nitrogen functional groups attached to an aromatic ring is 1. The van der Waals surface area contributed by atoms with E-state index in [9.17, 15) is 4.79 Å². The van der Waals surface area contributed by atoms with Crippen LogP contribution >= 0.6 is 0 Å². The summed E-state index contributed by atoms with van der Waals surface area (Å²) in [5.74, 6) is -0.191. The summed E-state index contributed by atoms with van der Waals surface area (Å²) in [6.45, 7) is 0.0824. The number of fused-ring (bicyclic) bond motifs is 1. The van der Waals surface area contributed by atoms with Crippen LogP contribution in [-0.4, -0.2) is 22.8 Å². The number of nitrogens with zero attached hydrogens (tertiary/aromatic N) is 1. The molecule has 6 nitrogen and oxygen atoms in total. The highest BCUT2D eigenvalue weighted by Gasteiger charge is 2.11. The summed E-state index contributed by atoms with van der Waals surface area (Å²) >= 11 is 0. The summed E-state index contributed by atoms with van der Waals surface area (Å²) in [5.41, 5.74) is 6.13. The Hall–Kier alpha value is -2.24. The normalized spacial score (nSPS) is 10.5. The Kier molecular flexibility index (Phi) is 2.63. The average molecular weight is 222 g/mol. The molecular weight excluding hydrogens is 212 g/mol. The maximum absolute atomic E-state index is 10.3. The van der Waals surface area contributed by atoms with Crippen LogP contribution in [0.15, 0.2) is 22.7 Å². The van der Waals surface area contributed by atoms with Gasteiger partial charge in [-0.3, -0.25) is 4.79 Å². The summed E-state index contributed by atoms with van der Waals surface area (Å²) in [6.07, 6.45) is -0.0679. The van der Waals surface area contributed by atoms with Crippen LogP contribution in [0.4, 0.5) is 5.82 Å². The minimum atomic E-state index is -0.912. The molecule has 84 valence electrons. The largest absolute Gasteiger partial charge is 0.492 e. The van der Waals surface area contributed by atoms with Crippen LogP contribution in [0.2, 0.25) is 0 Å². The molecule has 0 fully saturated rings. The predicted octanol–water partition coefficient (Wildman–Crippen LogP) is 1.26. The molecule has 1 heterocycles. The molecular formula is C10H10N2O4. The molecule has 2 rings (SSSR count). The zero-order valence-corrected chi connectivity index (χ0v) is 8.34. The van der Waals surface area contributed by atoms with Gasteiger partial charge in [-0.1, -0.05) is 11.2 Å². The van der Waals surface area contributed by atoms with E-state index in [-0.39, 0.29) is 18.8 Å². The molecule has 0 unspecified atom stereocenters. The van der Waals surface area contributed by atoms with Crippen LogP contribution in [0.1, 0.15) is 6.42 Å². The van der Waals surface area contributed by atoms with Crippen LogP contribution < -0.4 is 10.5 Å². The highest BCUT2D eigenvalue weighted by Crippen LogP contribution is 2.30. The summed E-state index contributed by atoms with van der Waals surface area (Å²) < 4.78 is 10.3. The lowest BCUT2D eigenvalue weighted by Crippen LogP contribution is -2.05. The van der Waals surface area contributed by atoms with Crippen LogP contribution in [0.5, 0.6) is 5.75 Å². The van der Waals surface area contributed by atoms with Crippen molar-refractivity contribution in [2.45, 2.75) is 6.42 Å². The second kappa shape index (κ2) is 4.09. The molecule has 0 atom stereocenters. The Bertz CT molecular complexity index is 521. The minimum Gasteiger partial charge on any atom is -0.492 e. The number of aromatic nitrogens is 1. The van der Waals surface area contributed by atoms with Gasteiger partial charge >= 0.3 is 5.97 Å². The van der Waals surface area contributed by atoms with Crippen molar-refractivity contribution in [1.29, 1.82) is 0 Å². The van der Waals surface area contributed by atoms with Gasteiger partial charge in [-0.2, -0.15) is 0 Å². The number of rotatable bonds is 4. The number of carbonyl (C=O) groups is 1. The van der Waals surface area contributed by atoms with Crippen molar-refractivity contribution < 1.29 is 19.2 Å². The van der Waals surface area contributed by atoms with Crippen molar-refractivity contribution in [3.05, 3.63) is 18.2 Å². The number of carboxylic acids is 1. The third kappa shape index (κ3) is 1.90. The fourth-order valence-electron chi connectivity index (χ4n) is 1.35. The zero-order valence-electron chi connectivity index (χ0n) is 8.34. The Balaban J connectivity index is 2.23. The number of carboxylic acid groups (broad SMARTS) is 1. The van der Waals surface area contributed by atoms with Crippen LogP contribution in [0.3, 0.4) is 0 Å². The number of nitrogens with two attached hydrogens (primary N) is 1. The van der Waals surface area contributed by atoms with E-state index in [0.717, 1.165) is 0 Å².